The first-order valence-electron chi connectivity index (χ1n) is 6.14. The van der Waals surface area contributed by atoms with E-state index in [0.717, 1.165) is 0 Å². The van der Waals surface area contributed by atoms with Gasteiger partial charge in [-0.3, -0.25) is 4.68 Å². The number of anilines is 1. The molecule has 1 N–H and O–H groups in total. The minimum atomic E-state index is -0.364. The minimum Gasteiger partial charge on any atom is -0.462 e. The van der Waals surface area contributed by atoms with Crippen LogP contribution in [0.2, 0.25) is 0 Å². The largest absolute Gasteiger partial charge is 0.462 e. The fourth-order valence-electron chi connectivity index (χ4n) is 1.64. The normalized spacial score (nSPS) is 10.2. The molecule has 0 aliphatic carbocycles. The van der Waals surface area contributed by atoms with Crippen LogP contribution in [-0.4, -0.2) is 33.9 Å². The Morgan fingerprint density at radius 1 is 1.42 bits per heavy atom. The summed E-state index contributed by atoms with van der Waals surface area (Å²) >= 11 is 0. The number of carbonyl (C=O) groups excluding carboxylic acids is 1. The van der Waals surface area contributed by atoms with Crippen molar-refractivity contribution in [3.05, 3.63) is 42.4 Å². The zero-order chi connectivity index (χ0) is 13.5. The quantitative estimate of drug-likeness (QED) is 0.798. The predicted octanol–water partition coefficient (Wildman–Crippen LogP) is 1.57. The van der Waals surface area contributed by atoms with Gasteiger partial charge < -0.3 is 10.1 Å². The summed E-state index contributed by atoms with van der Waals surface area (Å²) in [4.78, 5) is 15.9. The van der Waals surface area contributed by atoms with Gasteiger partial charge in [0.25, 0.3) is 0 Å². The molecule has 0 bridgehead atoms. The number of esters is 1. The van der Waals surface area contributed by atoms with E-state index in [1.807, 2.05) is 12.3 Å². The molecule has 2 rings (SSSR count). The SMILES string of the molecule is CCOC(=O)c1cccnc1NCCn1cccn1. The molecule has 2 aromatic rings. The maximum absolute atomic E-state index is 11.7. The van der Waals surface area contributed by atoms with Gasteiger partial charge in [-0.2, -0.15) is 5.10 Å². The molecule has 0 aliphatic rings. The van der Waals surface area contributed by atoms with Crippen molar-refractivity contribution >= 4 is 11.8 Å². The number of hydrogen-bond donors (Lipinski definition) is 1. The van der Waals surface area contributed by atoms with Crippen molar-refractivity contribution in [3.63, 3.8) is 0 Å². The van der Waals surface area contributed by atoms with Crippen LogP contribution in [-0.2, 0) is 11.3 Å². The molecule has 0 spiro atoms. The van der Waals surface area contributed by atoms with Gasteiger partial charge in [0.1, 0.15) is 11.4 Å². The summed E-state index contributed by atoms with van der Waals surface area (Å²) in [6.45, 7) is 3.45. The molecule has 6 heteroatoms. The predicted molar refractivity (Wildman–Crippen MR) is 70.9 cm³/mol. The van der Waals surface area contributed by atoms with E-state index >= 15 is 0 Å². The molecule has 2 heterocycles. The van der Waals surface area contributed by atoms with Crippen molar-refractivity contribution in [2.75, 3.05) is 18.5 Å². The Labute approximate surface area is 111 Å². The van der Waals surface area contributed by atoms with Crippen LogP contribution in [0, 0.1) is 0 Å². The molecule has 19 heavy (non-hydrogen) atoms. The summed E-state index contributed by atoms with van der Waals surface area (Å²) in [6.07, 6.45) is 5.25. The summed E-state index contributed by atoms with van der Waals surface area (Å²) in [5, 5.41) is 7.22. The highest BCUT2D eigenvalue weighted by Crippen LogP contribution is 2.12. The van der Waals surface area contributed by atoms with Crippen molar-refractivity contribution in [2.45, 2.75) is 13.5 Å². The highest BCUT2D eigenvalue weighted by atomic mass is 16.5. The fourth-order valence-corrected chi connectivity index (χ4v) is 1.64. The van der Waals surface area contributed by atoms with E-state index in [0.29, 0.717) is 31.1 Å². The van der Waals surface area contributed by atoms with E-state index in [2.05, 4.69) is 15.4 Å². The molecular formula is C13H16N4O2. The second-order valence-corrected chi connectivity index (χ2v) is 3.82. The van der Waals surface area contributed by atoms with E-state index in [-0.39, 0.29) is 5.97 Å². The molecule has 0 aliphatic heterocycles. The number of rotatable bonds is 6. The number of ether oxygens (including phenoxy) is 1. The van der Waals surface area contributed by atoms with Crippen LogP contribution in [0.3, 0.4) is 0 Å². The Balaban J connectivity index is 1.97. The van der Waals surface area contributed by atoms with Crippen LogP contribution in [0.1, 0.15) is 17.3 Å². The van der Waals surface area contributed by atoms with E-state index in [1.54, 1.807) is 36.1 Å². The smallest absolute Gasteiger partial charge is 0.341 e. The zero-order valence-corrected chi connectivity index (χ0v) is 10.7. The Kier molecular flexibility index (Phi) is 4.49. The van der Waals surface area contributed by atoms with Gasteiger partial charge in [0, 0.05) is 25.1 Å². The summed E-state index contributed by atoms with van der Waals surface area (Å²) in [5.41, 5.74) is 0.449. The number of carbonyl (C=O) groups is 1. The minimum absolute atomic E-state index is 0.348. The van der Waals surface area contributed by atoms with Crippen molar-refractivity contribution in [1.82, 2.24) is 14.8 Å². The highest BCUT2D eigenvalue weighted by molar-refractivity contribution is 5.94. The van der Waals surface area contributed by atoms with Crippen LogP contribution in [0.25, 0.3) is 0 Å². The molecule has 6 nitrogen and oxygen atoms in total. The highest BCUT2D eigenvalue weighted by Gasteiger charge is 2.12. The van der Waals surface area contributed by atoms with Gasteiger partial charge in [-0.25, -0.2) is 9.78 Å². The van der Waals surface area contributed by atoms with Crippen molar-refractivity contribution in [3.8, 4) is 0 Å². The molecule has 0 fully saturated rings. The number of pyridine rings is 1. The van der Waals surface area contributed by atoms with Crippen LogP contribution in [0.4, 0.5) is 5.82 Å². The van der Waals surface area contributed by atoms with E-state index < -0.39 is 0 Å². The van der Waals surface area contributed by atoms with Crippen molar-refractivity contribution < 1.29 is 9.53 Å². The lowest BCUT2D eigenvalue weighted by Crippen LogP contribution is -2.15. The fraction of sp³-hybridized carbons (Fsp3) is 0.308. The first-order chi connectivity index (χ1) is 9.31. The number of hydrogen-bond acceptors (Lipinski definition) is 5. The molecule has 0 unspecified atom stereocenters. The first kappa shape index (κ1) is 13.1. The Morgan fingerprint density at radius 3 is 3.05 bits per heavy atom. The Hall–Kier alpha value is -2.37. The first-order valence-corrected chi connectivity index (χ1v) is 6.14. The third kappa shape index (κ3) is 3.54. The third-order valence-corrected chi connectivity index (χ3v) is 2.50. The van der Waals surface area contributed by atoms with Gasteiger partial charge in [-0.15, -0.1) is 0 Å². The molecule has 0 saturated heterocycles. The monoisotopic (exact) mass is 260 g/mol. The van der Waals surface area contributed by atoms with Gasteiger partial charge in [-0.1, -0.05) is 0 Å². The lowest BCUT2D eigenvalue weighted by Gasteiger charge is -2.10. The van der Waals surface area contributed by atoms with Gasteiger partial charge in [0.2, 0.25) is 0 Å². The standard InChI is InChI=1S/C13H16N4O2/c1-2-19-13(18)11-5-3-6-14-12(11)15-8-10-17-9-4-7-16-17/h3-7,9H,2,8,10H2,1H3,(H,14,15). The molecule has 0 radical (unpaired) electrons. The number of nitrogens with one attached hydrogen (secondary N) is 1. The third-order valence-electron chi connectivity index (χ3n) is 2.50. The average molecular weight is 260 g/mol. The molecule has 2 aromatic heterocycles. The van der Waals surface area contributed by atoms with Gasteiger partial charge in [-0.05, 0) is 25.1 Å². The Bertz CT molecular complexity index is 525. The topological polar surface area (TPSA) is 69.0 Å². The number of nitrogens with zero attached hydrogens (tertiary/aromatic N) is 3. The lowest BCUT2D eigenvalue weighted by atomic mass is 10.2. The van der Waals surface area contributed by atoms with Gasteiger partial charge in [0.05, 0.1) is 13.2 Å². The lowest BCUT2D eigenvalue weighted by molar-refractivity contribution is 0.0527. The summed E-state index contributed by atoms with van der Waals surface area (Å²) < 4.78 is 6.79. The van der Waals surface area contributed by atoms with Crippen LogP contribution < -0.4 is 5.32 Å². The summed E-state index contributed by atoms with van der Waals surface area (Å²) in [5.74, 6) is 0.172. The van der Waals surface area contributed by atoms with Gasteiger partial charge >= 0.3 is 5.97 Å². The molecule has 0 aromatic carbocycles. The van der Waals surface area contributed by atoms with Crippen LogP contribution >= 0.6 is 0 Å². The Morgan fingerprint density at radius 2 is 2.32 bits per heavy atom. The van der Waals surface area contributed by atoms with Crippen molar-refractivity contribution in [1.29, 1.82) is 0 Å². The summed E-state index contributed by atoms with van der Waals surface area (Å²) in [7, 11) is 0. The van der Waals surface area contributed by atoms with E-state index in [4.69, 9.17) is 4.74 Å². The van der Waals surface area contributed by atoms with Crippen molar-refractivity contribution in [2.24, 2.45) is 0 Å². The van der Waals surface area contributed by atoms with E-state index in [1.165, 1.54) is 0 Å². The maximum atomic E-state index is 11.7. The average Bonchev–Trinajstić information content (AvgIpc) is 2.93. The molecule has 0 amide bonds. The van der Waals surface area contributed by atoms with Crippen LogP contribution in [0.5, 0.6) is 0 Å². The second-order valence-electron chi connectivity index (χ2n) is 3.82. The zero-order valence-electron chi connectivity index (χ0n) is 10.7. The molecule has 0 saturated carbocycles. The van der Waals surface area contributed by atoms with Gasteiger partial charge in [0.15, 0.2) is 0 Å². The van der Waals surface area contributed by atoms with Crippen LogP contribution in [0.15, 0.2) is 36.8 Å². The molecule has 0 atom stereocenters. The molecule has 100 valence electrons. The number of aromatic nitrogens is 3. The summed E-state index contributed by atoms with van der Waals surface area (Å²) in [6, 6.07) is 5.27. The molecular weight excluding hydrogens is 244 g/mol. The second kappa shape index (κ2) is 6.53. The maximum Gasteiger partial charge on any atom is 0.341 e. The van der Waals surface area contributed by atoms with E-state index in [9.17, 15) is 4.79 Å².